The summed E-state index contributed by atoms with van der Waals surface area (Å²) in [6.45, 7) is 3.28. The second-order valence-corrected chi connectivity index (χ2v) is 3.90. The van der Waals surface area contributed by atoms with E-state index in [9.17, 15) is 8.78 Å². The molecule has 90 valence electrons. The monoisotopic (exact) mass is 228 g/mol. The van der Waals surface area contributed by atoms with Crippen molar-refractivity contribution in [2.24, 2.45) is 5.73 Å². The molecule has 0 spiro atoms. The summed E-state index contributed by atoms with van der Waals surface area (Å²) in [7, 11) is 0. The molecule has 0 saturated heterocycles. The first kappa shape index (κ1) is 13.1. The Hall–Kier alpha value is -1.00. The van der Waals surface area contributed by atoms with E-state index in [4.69, 9.17) is 5.73 Å². The molecule has 1 aromatic rings. The van der Waals surface area contributed by atoms with Gasteiger partial charge in [0.05, 0.1) is 0 Å². The number of nitrogens with two attached hydrogens (primary N) is 1. The quantitative estimate of drug-likeness (QED) is 0.779. The number of benzene rings is 1. The number of hydrogen-bond donors (Lipinski definition) is 2. The molecule has 4 heteroatoms. The van der Waals surface area contributed by atoms with Gasteiger partial charge in [0.15, 0.2) is 11.6 Å². The van der Waals surface area contributed by atoms with Gasteiger partial charge in [0, 0.05) is 6.04 Å². The van der Waals surface area contributed by atoms with Crippen LogP contribution in [0.25, 0.3) is 0 Å². The number of halogens is 2. The van der Waals surface area contributed by atoms with E-state index >= 15 is 0 Å². The van der Waals surface area contributed by atoms with Gasteiger partial charge in [-0.2, -0.15) is 0 Å². The molecule has 3 N–H and O–H groups in total. The summed E-state index contributed by atoms with van der Waals surface area (Å²) in [5.41, 5.74) is 5.82. The first-order valence-corrected chi connectivity index (χ1v) is 5.51. The van der Waals surface area contributed by atoms with Gasteiger partial charge < -0.3 is 11.1 Å². The largest absolute Gasteiger partial charge is 0.330 e. The Kier molecular flexibility index (Phi) is 5.35. The highest BCUT2D eigenvalue weighted by molar-refractivity contribution is 5.19. The van der Waals surface area contributed by atoms with E-state index < -0.39 is 11.6 Å². The summed E-state index contributed by atoms with van der Waals surface area (Å²) < 4.78 is 26.1. The van der Waals surface area contributed by atoms with E-state index in [0.29, 0.717) is 31.1 Å². The maximum atomic E-state index is 13.3. The smallest absolute Gasteiger partial charge is 0.162 e. The molecule has 0 bridgehead atoms. The lowest BCUT2D eigenvalue weighted by molar-refractivity contribution is 0.487. The summed E-state index contributed by atoms with van der Waals surface area (Å²) in [5.74, 6) is -1.52. The standard InChI is InChI=1S/C12H18F2N2/c1-9(5-7-15)16-8-6-10-3-2-4-11(13)12(10)14/h2-4,9,16H,5-8,15H2,1H3. The van der Waals surface area contributed by atoms with Gasteiger partial charge in [-0.25, -0.2) is 8.78 Å². The van der Waals surface area contributed by atoms with Gasteiger partial charge in [-0.05, 0) is 44.5 Å². The van der Waals surface area contributed by atoms with Crippen LogP contribution in [0.1, 0.15) is 18.9 Å². The number of rotatable bonds is 6. The van der Waals surface area contributed by atoms with E-state index in [0.717, 1.165) is 12.5 Å². The topological polar surface area (TPSA) is 38.0 Å². The average Bonchev–Trinajstić information content (AvgIpc) is 2.25. The Morgan fingerprint density at radius 1 is 1.38 bits per heavy atom. The molecular weight excluding hydrogens is 210 g/mol. The SMILES string of the molecule is CC(CCN)NCCc1cccc(F)c1F. The zero-order valence-electron chi connectivity index (χ0n) is 9.47. The zero-order valence-corrected chi connectivity index (χ0v) is 9.47. The highest BCUT2D eigenvalue weighted by Gasteiger charge is 2.07. The summed E-state index contributed by atoms with van der Waals surface area (Å²) >= 11 is 0. The van der Waals surface area contributed by atoms with Crippen LogP contribution in [0.2, 0.25) is 0 Å². The fourth-order valence-electron chi connectivity index (χ4n) is 1.55. The molecular formula is C12H18F2N2. The van der Waals surface area contributed by atoms with Crippen molar-refractivity contribution < 1.29 is 8.78 Å². The van der Waals surface area contributed by atoms with Crippen LogP contribution in [0.15, 0.2) is 18.2 Å². The number of hydrogen-bond acceptors (Lipinski definition) is 2. The van der Waals surface area contributed by atoms with E-state index in [-0.39, 0.29) is 0 Å². The first-order valence-electron chi connectivity index (χ1n) is 5.51. The predicted octanol–water partition coefficient (Wildman–Crippen LogP) is 1.83. The highest BCUT2D eigenvalue weighted by atomic mass is 19.2. The third-order valence-corrected chi connectivity index (χ3v) is 2.52. The van der Waals surface area contributed by atoms with Gasteiger partial charge >= 0.3 is 0 Å². The maximum Gasteiger partial charge on any atom is 0.162 e. The van der Waals surface area contributed by atoms with Crippen molar-refractivity contribution in [2.75, 3.05) is 13.1 Å². The summed E-state index contributed by atoms with van der Waals surface area (Å²) in [5, 5.41) is 3.21. The molecule has 1 aromatic carbocycles. The lowest BCUT2D eigenvalue weighted by Gasteiger charge is -2.12. The van der Waals surface area contributed by atoms with E-state index in [1.165, 1.54) is 6.07 Å². The van der Waals surface area contributed by atoms with Crippen LogP contribution in [0.5, 0.6) is 0 Å². The molecule has 1 unspecified atom stereocenters. The third-order valence-electron chi connectivity index (χ3n) is 2.52. The van der Waals surface area contributed by atoms with Crippen LogP contribution in [0.4, 0.5) is 8.78 Å². The van der Waals surface area contributed by atoms with Crippen molar-refractivity contribution in [1.29, 1.82) is 0 Å². The summed E-state index contributed by atoms with van der Waals surface area (Å²) in [4.78, 5) is 0. The molecule has 0 saturated carbocycles. The molecule has 2 nitrogen and oxygen atoms in total. The van der Waals surface area contributed by atoms with Gasteiger partial charge in [0.2, 0.25) is 0 Å². The van der Waals surface area contributed by atoms with Crippen LogP contribution < -0.4 is 11.1 Å². The maximum absolute atomic E-state index is 13.3. The van der Waals surface area contributed by atoms with Crippen LogP contribution in [-0.2, 0) is 6.42 Å². The van der Waals surface area contributed by atoms with Crippen molar-refractivity contribution in [1.82, 2.24) is 5.32 Å². The third kappa shape index (κ3) is 3.87. The van der Waals surface area contributed by atoms with E-state index in [1.54, 1.807) is 6.07 Å². The van der Waals surface area contributed by atoms with Crippen molar-refractivity contribution in [3.63, 3.8) is 0 Å². The minimum Gasteiger partial charge on any atom is -0.330 e. The molecule has 0 aliphatic rings. The molecule has 0 aliphatic heterocycles. The molecule has 1 rings (SSSR count). The van der Waals surface area contributed by atoms with Crippen LogP contribution >= 0.6 is 0 Å². The minimum absolute atomic E-state index is 0.307. The second-order valence-electron chi connectivity index (χ2n) is 3.90. The molecule has 0 fully saturated rings. The Morgan fingerprint density at radius 3 is 2.81 bits per heavy atom. The Morgan fingerprint density at radius 2 is 2.12 bits per heavy atom. The first-order chi connectivity index (χ1) is 7.65. The van der Waals surface area contributed by atoms with Crippen LogP contribution in [0, 0.1) is 11.6 Å². The molecule has 0 radical (unpaired) electrons. The predicted molar refractivity (Wildman–Crippen MR) is 61.2 cm³/mol. The van der Waals surface area contributed by atoms with E-state index in [1.807, 2.05) is 6.92 Å². The van der Waals surface area contributed by atoms with Gasteiger partial charge in [-0.1, -0.05) is 12.1 Å². The van der Waals surface area contributed by atoms with Crippen molar-refractivity contribution >= 4 is 0 Å². The Bertz CT molecular complexity index is 329. The molecule has 0 aromatic heterocycles. The minimum atomic E-state index is -0.785. The average molecular weight is 228 g/mol. The molecule has 16 heavy (non-hydrogen) atoms. The van der Waals surface area contributed by atoms with E-state index in [2.05, 4.69) is 5.32 Å². The van der Waals surface area contributed by atoms with Crippen molar-refractivity contribution in [3.8, 4) is 0 Å². The van der Waals surface area contributed by atoms with Gasteiger partial charge in [0.25, 0.3) is 0 Å². The fraction of sp³-hybridized carbons (Fsp3) is 0.500. The molecule has 0 amide bonds. The molecule has 0 aliphatic carbocycles. The van der Waals surface area contributed by atoms with Gasteiger partial charge in [0.1, 0.15) is 0 Å². The summed E-state index contributed by atoms with van der Waals surface area (Å²) in [6.07, 6.45) is 1.37. The van der Waals surface area contributed by atoms with Crippen LogP contribution in [0.3, 0.4) is 0 Å². The molecule has 1 atom stereocenters. The normalized spacial score (nSPS) is 12.8. The molecule has 0 heterocycles. The van der Waals surface area contributed by atoms with Crippen molar-refractivity contribution in [2.45, 2.75) is 25.8 Å². The summed E-state index contributed by atoms with van der Waals surface area (Å²) in [6, 6.07) is 4.57. The van der Waals surface area contributed by atoms with Gasteiger partial charge in [-0.3, -0.25) is 0 Å². The highest BCUT2D eigenvalue weighted by Crippen LogP contribution is 2.11. The van der Waals surface area contributed by atoms with Crippen molar-refractivity contribution in [3.05, 3.63) is 35.4 Å². The number of nitrogens with one attached hydrogen (secondary N) is 1. The second kappa shape index (κ2) is 6.55. The Labute approximate surface area is 94.8 Å². The fourth-order valence-corrected chi connectivity index (χ4v) is 1.55. The zero-order chi connectivity index (χ0) is 12.0. The van der Waals surface area contributed by atoms with Crippen LogP contribution in [-0.4, -0.2) is 19.1 Å². The lowest BCUT2D eigenvalue weighted by Crippen LogP contribution is -2.30. The van der Waals surface area contributed by atoms with Gasteiger partial charge in [-0.15, -0.1) is 0 Å². The lowest BCUT2D eigenvalue weighted by atomic mass is 10.1. The Balaban J connectivity index is 2.40.